The Balaban J connectivity index is 1.42. The van der Waals surface area contributed by atoms with E-state index in [-0.39, 0.29) is 12.4 Å². The summed E-state index contributed by atoms with van der Waals surface area (Å²) in [7, 11) is 0. The van der Waals surface area contributed by atoms with Gasteiger partial charge < -0.3 is 20.1 Å². The number of hydrogen-bond donors (Lipinski definition) is 1. The number of carbonyl (C=O) groups is 1. The molecule has 2 N–H and O–H groups in total. The van der Waals surface area contributed by atoms with E-state index in [9.17, 15) is 4.79 Å². The molecule has 0 radical (unpaired) electrons. The summed E-state index contributed by atoms with van der Waals surface area (Å²) >= 11 is 0. The first-order valence-electron chi connectivity index (χ1n) is 12.1. The lowest BCUT2D eigenvalue weighted by Gasteiger charge is -2.35. The first-order valence-corrected chi connectivity index (χ1v) is 12.1. The largest absolute Gasteiger partial charge is 0.457 e. The highest BCUT2D eigenvalue weighted by molar-refractivity contribution is 5.98. The Morgan fingerprint density at radius 2 is 1.76 bits per heavy atom. The van der Waals surface area contributed by atoms with Gasteiger partial charge in [0.05, 0.1) is 18.0 Å². The minimum atomic E-state index is -1.37. The number of nitrogen functional groups attached to an aromatic ring is 1. The number of nitrogens with two attached hydrogens (primary N) is 1. The number of aromatic nitrogens is 4. The molecule has 37 heavy (non-hydrogen) atoms. The lowest BCUT2D eigenvalue weighted by molar-refractivity contribution is 0.00611. The standard InChI is InChI=1S/C27H29FN6O3/c1-27(2,3)37-26(35)33-14-13-21(20(28)15-33)34-25-22(24(29)30-16-31-25)23(32-34)17-9-11-19(12-10-17)36-18-7-5-4-6-8-18/h4-12,16,20-21H,13-15H2,1-3H3,(H2,29,30,31)/t20-,21+/m1/s1. The molecule has 0 saturated carbocycles. The smallest absolute Gasteiger partial charge is 0.410 e. The molecule has 3 heterocycles. The van der Waals surface area contributed by atoms with Crippen LogP contribution in [0.25, 0.3) is 22.3 Å². The van der Waals surface area contributed by atoms with Crippen LogP contribution in [0.3, 0.4) is 0 Å². The van der Waals surface area contributed by atoms with Gasteiger partial charge in [-0.3, -0.25) is 0 Å². The van der Waals surface area contributed by atoms with Gasteiger partial charge in [0.2, 0.25) is 0 Å². The minimum Gasteiger partial charge on any atom is -0.457 e. The van der Waals surface area contributed by atoms with Gasteiger partial charge in [0.1, 0.15) is 41.1 Å². The van der Waals surface area contributed by atoms with Gasteiger partial charge in [-0.05, 0) is 63.6 Å². The quantitative estimate of drug-likeness (QED) is 0.397. The zero-order valence-electron chi connectivity index (χ0n) is 21.0. The van der Waals surface area contributed by atoms with E-state index in [1.165, 1.54) is 11.2 Å². The zero-order chi connectivity index (χ0) is 26.2. The molecular formula is C27H29FN6O3. The van der Waals surface area contributed by atoms with E-state index in [1.54, 1.807) is 25.5 Å². The van der Waals surface area contributed by atoms with Gasteiger partial charge in [-0.2, -0.15) is 5.10 Å². The summed E-state index contributed by atoms with van der Waals surface area (Å²) in [6.45, 7) is 5.59. The van der Waals surface area contributed by atoms with Crippen LogP contribution in [0.5, 0.6) is 11.5 Å². The number of likely N-dealkylation sites (tertiary alicyclic amines) is 1. The number of piperidine rings is 1. The maximum absolute atomic E-state index is 15.5. The lowest BCUT2D eigenvalue weighted by Crippen LogP contribution is -2.47. The Hall–Kier alpha value is -4.21. The Bertz CT molecular complexity index is 1400. The molecule has 9 nitrogen and oxygen atoms in total. The number of amides is 1. The number of fused-ring (bicyclic) bond motifs is 1. The van der Waals surface area contributed by atoms with E-state index in [2.05, 4.69) is 9.97 Å². The Kier molecular flexibility index (Phi) is 6.41. The average molecular weight is 505 g/mol. The lowest BCUT2D eigenvalue weighted by atomic mass is 10.0. The van der Waals surface area contributed by atoms with Crippen LogP contribution in [-0.4, -0.2) is 55.6 Å². The molecule has 4 aromatic rings. The van der Waals surface area contributed by atoms with Crippen LogP contribution in [0.2, 0.25) is 0 Å². The number of para-hydroxylation sites is 1. The van der Waals surface area contributed by atoms with Crippen LogP contribution in [0, 0.1) is 0 Å². The highest BCUT2D eigenvalue weighted by Gasteiger charge is 2.36. The third-order valence-electron chi connectivity index (χ3n) is 6.10. The fourth-order valence-electron chi connectivity index (χ4n) is 4.39. The summed E-state index contributed by atoms with van der Waals surface area (Å²) in [6.07, 6.45) is -0.191. The van der Waals surface area contributed by atoms with E-state index >= 15 is 4.39 Å². The van der Waals surface area contributed by atoms with E-state index < -0.39 is 23.9 Å². The Morgan fingerprint density at radius 3 is 2.43 bits per heavy atom. The Labute approximate surface area is 214 Å². The second kappa shape index (κ2) is 9.68. The van der Waals surface area contributed by atoms with Crippen molar-refractivity contribution in [3.8, 4) is 22.8 Å². The van der Waals surface area contributed by atoms with Crippen LogP contribution in [0.1, 0.15) is 33.2 Å². The van der Waals surface area contributed by atoms with E-state index in [4.69, 9.17) is 20.3 Å². The Morgan fingerprint density at radius 1 is 1.05 bits per heavy atom. The predicted molar refractivity (Wildman–Crippen MR) is 138 cm³/mol. The molecule has 1 aliphatic heterocycles. The number of ether oxygens (including phenoxy) is 2. The van der Waals surface area contributed by atoms with Gasteiger partial charge in [-0.15, -0.1) is 0 Å². The first kappa shape index (κ1) is 24.5. The summed E-state index contributed by atoms with van der Waals surface area (Å²) in [5, 5.41) is 5.31. The fourth-order valence-corrected chi connectivity index (χ4v) is 4.39. The number of hydrogen-bond acceptors (Lipinski definition) is 7. The molecule has 1 amide bonds. The topological polar surface area (TPSA) is 108 Å². The molecule has 1 saturated heterocycles. The van der Waals surface area contributed by atoms with Crippen molar-refractivity contribution in [1.82, 2.24) is 24.6 Å². The summed E-state index contributed by atoms with van der Waals surface area (Å²) in [5.41, 5.74) is 7.36. The second-order valence-corrected chi connectivity index (χ2v) is 9.99. The number of halogens is 1. The van der Waals surface area contributed by atoms with Crippen molar-refractivity contribution < 1.29 is 18.7 Å². The molecule has 0 spiro atoms. The number of carbonyl (C=O) groups excluding carboxylic acids is 1. The normalized spacial score (nSPS) is 18.1. The average Bonchev–Trinajstić information content (AvgIpc) is 3.25. The van der Waals surface area contributed by atoms with Crippen LogP contribution in [-0.2, 0) is 4.74 Å². The zero-order valence-corrected chi connectivity index (χ0v) is 21.0. The van der Waals surface area contributed by atoms with Gasteiger partial charge in [0.25, 0.3) is 0 Å². The molecule has 2 atom stereocenters. The summed E-state index contributed by atoms with van der Waals surface area (Å²) in [6, 6.07) is 16.3. The van der Waals surface area contributed by atoms with Gasteiger partial charge in [-0.1, -0.05) is 18.2 Å². The fraction of sp³-hybridized carbons (Fsp3) is 0.333. The van der Waals surface area contributed by atoms with Gasteiger partial charge >= 0.3 is 6.09 Å². The molecule has 0 bridgehead atoms. The van der Waals surface area contributed by atoms with E-state index in [0.717, 1.165) is 11.3 Å². The molecule has 2 aromatic heterocycles. The molecule has 0 unspecified atom stereocenters. The molecule has 10 heteroatoms. The van der Waals surface area contributed by atoms with Crippen molar-refractivity contribution in [2.75, 3.05) is 18.8 Å². The highest BCUT2D eigenvalue weighted by atomic mass is 19.1. The third-order valence-corrected chi connectivity index (χ3v) is 6.10. The number of anilines is 1. The van der Waals surface area contributed by atoms with E-state index in [0.29, 0.717) is 35.4 Å². The molecule has 5 rings (SSSR count). The van der Waals surface area contributed by atoms with Gasteiger partial charge in [0, 0.05) is 12.1 Å². The first-order chi connectivity index (χ1) is 17.7. The SMILES string of the molecule is CC(C)(C)OC(=O)N1CC[C@H](n2nc(-c3ccc(Oc4ccccc4)cc3)c3c(N)ncnc32)[C@H](F)C1. The molecule has 0 aliphatic carbocycles. The van der Waals surface area contributed by atoms with Crippen molar-refractivity contribution in [3.05, 3.63) is 60.9 Å². The number of nitrogens with zero attached hydrogens (tertiary/aromatic N) is 5. The van der Waals surface area contributed by atoms with Gasteiger partial charge in [0.15, 0.2) is 5.65 Å². The van der Waals surface area contributed by atoms with Crippen molar-refractivity contribution in [3.63, 3.8) is 0 Å². The van der Waals surface area contributed by atoms with Gasteiger partial charge in [-0.25, -0.2) is 23.8 Å². The minimum absolute atomic E-state index is 0.0949. The van der Waals surface area contributed by atoms with Crippen molar-refractivity contribution in [2.24, 2.45) is 0 Å². The predicted octanol–water partition coefficient (Wildman–Crippen LogP) is 5.39. The monoisotopic (exact) mass is 504 g/mol. The molecule has 2 aromatic carbocycles. The van der Waals surface area contributed by atoms with Crippen molar-refractivity contribution in [2.45, 2.75) is 45.0 Å². The van der Waals surface area contributed by atoms with Crippen molar-refractivity contribution >= 4 is 22.9 Å². The highest BCUT2D eigenvalue weighted by Crippen LogP contribution is 2.36. The van der Waals surface area contributed by atoms with Crippen LogP contribution < -0.4 is 10.5 Å². The third kappa shape index (κ3) is 5.18. The molecule has 1 aliphatic rings. The van der Waals surface area contributed by atoms with Crippen LogP contribution >= 0.6 is 0 Å². The second-order valence-electron chi connectivity index (χ2n) is 9.99. The molecular weight excluding hydrogens is 475 g/mol. The molecule has 1 fully saturated rings. The number of benzene rings is 2. The number of alkyl halides is 1. The van der Waals surface area contributed by atoms with Crippen LogP contribution in [0.15, 0.2) is 60.9 Å². The molecule has 192 valence electrons. The van der Waals surface area contributed by atoms with Crippen LogP contribution in [0.4, 0.5) is 15.0 Å². The van der Waals surface area contributed by atoms with E-state index in [1.807, 2.05) is 54.6 Å². The maximum Gasteiger partial charge on any atom is 0.410 e. The maximum atomic E-state index is 15.5. The number of rotatable bonds is 4. The van der Waals surface area contributed by atoms with Crippen molar-refractivity contribution in [1.29, 1.82) is 0 Å². The summed E-state index contributed by atoms with van der Waals surface area (Å²) < 4.78 is 28.4. The summed E-state index contributed by atoms with van der Waals surface area (Å²) in [4.78, 5) is 22.4. The summed E-state index contributed by atoms with van der Waals surface area (Å²) in [5.74, 6) is 1.66.